The van der Waals surface area contributed by atoms with E-state index in [0.29, 0.717) is 12.8 Å². The highest BCUT2D eigenvalue weighted by Gasteiger charge is 2.36. The standard InChI is InChI=1S/C10H10N4O5S/c15-7-12-9-2-1-5-13(9)20(18,19)8-3-4-10(11-6-8)14(16)17/h3-4,6,9H,1-2,5H2. The molecule has 1 atom stereocenters. The van der Waals surface area contributed by atoms with Gasteiger partial charge in [-0.25, -0.2) is 13.2 Å². The molecule has 1 fully saturated rings. The molecule has 20 heavy (non-hydrogen) atoms. The molecule has 2 heterocycles. The van der Waals surface area contributed by atoms with E-state index in [1.807, 2.05) is 0 Å². The van der Waals surface area contributed by atoms with Crippen LogP contribution in [-0.4, -0.2) is 41.4 Å². The Hall–Kier alpha value is -2.16. The minimum atomic E-state index is -3.88. The number of aliphatic imine (C=N–C) groups is 1. The van der Waals surface area contributed by atoms with Crippen molar-refractivity contribution in [3.8, 4) is 0 Å². The molecule has 9 nitrogen and oxygen atoms in total. The van der Waals surface area contributed by atoms with Crippen molar-refractivity contribution in [2.24, 2.45) is 4.99 Å². The Morgan fingerprint density at radius 1 is 1.50 bits per heavy atom. The normalized spacial score (nSPS) is 19.5. The van der Waals surface area contributed by atoms with E-state index in [-0.39, 0.29) is 11.4 Å². The summed E-state index contributed by atoms with van der Waals surface area (Å²) in [7, 11) is -3.88. The molecule has 0 N–H and O–H groups in total. The first-order valence-corrected chi connectivity index (χ1v) is 7.10. The van der Waals surface area contributed by atoms with Gasteiger partial charge in [0.1, 0.15) is 11.1 Å². The van der Waals surface area contributed by atoms with Gasteiger partial charge >= 0.3 is 5.82 Å². The highest BCUT2D eigenvalue weighted by molar-refractivity contribution is 7.89. The Labute approximate surface area is 114 Å². The summed E-state index contributed by atoms with van der Waals surface area (Å²) >= 11 is 0. The molecular weight excluding hydrogens is 288 g/mol. The average molecular weight is 298 g/mol. The number of pyridine rings is 1. The minimum absolute atomic E-state index is 0.170. The Kier molecular flexibility index (Phi) is 3.89. The molecule has 1 aromatic rings. The second kappa shape index (κ2) is 5.45. The van der Waals surface area contributed by atoms with Crippen molar-refractivity contribution in [3.63, 3.8) is 0 Å². The third-order valence-electron chi connectivity index (χ3n) is 2.89. The molecule has 1 aliphatic heterocycles. The van der Waals surface area contributed by atoms with E-state index < -0.39 is 26.9 Å². The van der Waals surface area contributed by atoms with Gasteiger partial charge in [-0.3, -0.25) is 0 Å². The van der Waals surface area contributed by atoms with Gasteiger partial charge in [-0.2, -0.15) is 9.30 Å². The van der Waals surface area contributed by atoms with Crippen molar-refractivity contribution in [3.05, 3.63) is 28.4 Å². The molecule has 0 spiro atoms. The third kappa shape index (κ3) is 2.57. The van der Waals surface area contributed by atoms with Gasteiger partial charge < -0.3 is 10.1 Å². The quantitative estimate of drug-likeness (QED) is 0.344. The first kappa shape index (κ1) is 14.3. The summed E-state index contributed by atoms with van der Waals surface area (Å²) in [4.78, 5) is 26.8. The summed E-state index contributed by atoms with van der Waals surface area (Å²) in [6.07, 6.45) is 2.52. The van der Waals surface area contributed by atoms with Crippen LogP contribution in [0.3, 0.4) is 0 Å². The van der Waals surface area contributed by atoms with Crippen molar-refractivity contribution in [1.82, 2.24) is 9.29 Å². The predicted octanol–water partition coefficient (Wildman–Crippen LogP) is 0.436. The number of hydrogen-bond donors (Lipinski definition) is 0. The van der Waals surface area contributed by atoms with Gasteiger partial charge in [-0.05, 0) is 28.8 Å². The summed E-state index contributed by atoms with van der Waals surface area (Å²) < 4.78 is 25.7. The molecule has 1 unspecified atom stereocenters. The molecule has 0 radical (unpaired) electrons. The zero-order valence-electron chi connectivity index (χ0n) is 10.2. The van der Waals surface area contributed by atoms with Crippen LogP contribution in [0.1, 0.15) is 12.8 Å². The predicted molar refractivity (Wildman–Crippen MR) is 65.9 cm³/mol. The lowest BCUT2D eigenvalue weighted by Gasteiger charge is -2.18. The zero-order valence-corrected chi connectivity index (χ0v) is 11.0. The van der Waals surface area contributed by atoms with E-state index in [2.05, 4.69) is 9.98 Å². The van der Waals surface area contributed by atoms with Crippen molar-refractivity contribution in [2.45, 2.75) is 23.9 Å². The van der Waals surface area contributed by atoms with E-state index in [0.717, 1.165) is 22.6 Å². The second-order valence-corrected chi connectivity index (χ2v) is 5.96. The molecule has 1 saturated heterocycles. The number of nitro groups is 1. The smallest absolute Gasteiger partial charge is 0.358 e. The van der Waals surface area contributed by atoms with Crippen molar-refractivity contribution < 1.29 is 18.1 Å². The Morgan fingerprint density at radius 2 is 2.25 bits per heavy atom. The fourth-order valence-electron chi connectivity index (χ4n) is 1.96. The fourth-order valence-corrected chi connectivity index (χ4v) is 3.50. The second-order valence-electron chi connectivity index (χ2n) is 4.07. The molecule has 1 aromatic heterocycles. The van der Waals surface area contributed by atoms with Gasteiger partial charge in [0.25, 0.3) is 0 Å². The van der Waals surface area contributed by atoms with Crippen LogP contribution < -0.4 is 0 Å². The molecule has 10 heteroatoms. The summed E-state index contributed by atoms with van der Waals surface area (Å²) in [5, 5.41) is 10.5. The molecular formula is C10H10N4O5S. The number of aromatic nitrogens is 1. The SMILES string of the molecule is O=C=NC1CCCN1S(=O)(=O)c1ccc([N+](=O)[O-])nc1. The highest BCUT2D eigenvalue weighted by Crippen LogP contribution is 2.26. The van der Waals surface area contributed by atoms with Crippen molar-refractivity contribution in [1.29, 1.82) is 0 Å². The first-order valence-electron chi connectivity index (χ1n) is 5.66. The first-order chi connectivity index (χ1) is 9.46. The van der Waals surface area contributed by atoms with Gasteiger partial charge in [-0.15, -0.1) is 0 Å². The van der Waals surface area contributed by atoms with E-state index in [4.69, 9.17) is 0 Å². The maximum Gasteiger partial charge on any atom is 0.363 e. The fraction of sp³-hybridized carbons (Fsp3) is 0.400. The monoisotopic (exact) mass is 298 g/mol. The minimum Gasteiger partial charge on any atom is -0.358 e. The molecule has 0 saturated carbocycles. The van der Waals surface area contributed by atoms with Crippen molar-refractivity contribution in [2.75, 3.05) is 6.54 Å². The summed E-state index contributed by atoms with van der Waals surface area (Å²) in [5.41, 5.74) is 0. The summed E-state index contributed by atoms with van der Waals surface area (Å²) in [5.74, 6) is -0.437. The van der Waals surface area contributed by atoms with E-state index >= 15 is 0 Å². The van der Waals surface area contributed by atoms with Crippen LogP contribution in [-0.2, 0) is 14.8 Å². The van der Waals surface area contributed by atoms with E-state index in [9.17, 15) is 23.3 Å². The molecule has 0 aromatic carbocycles. The van der Waals surface area contributed by atoms with Crippen molar-refractivity contribution >= 4 is 21.9 Å². The molecule has 2 rings (SSSR count). The molecule has 0 amide bonds. The summed E-state index contributed by atoms with van der Waals surface area (Å²) in [6.45, 7) is 0.231. The number of isocyanates is 1. The summed E-state index contributed by atoms with van der Waals surface area (Å²) in [6, 6.07) is 2.13. The average Bonchev–Trinajstić information content (AvgIpc) is 2.88. The molecule has 106 valence electrons. The van der Waals surface area contributed by atoms with Crippen LogP contribution in [0, 0.1) is 10.1 Å². The van der Waals surface area contributed by atoms with E-state index in [1.54, 1.807) is 0 Å². The van der Waals surface area contributed by atoms with Gasteiger partial charge in [-0.1, -0.05) is 0 Å². The number of nitrogens with zero attached hydrogens (tertiary/aromatic N) is 4. The number of carbonyl (C=O) groups excluding carboxylic acids is 1. The van der Waals surface area contributed by atoms with E-state index in [1.165, 1.54) is 6.08 Å². The third-order valence-corrected chi connectivity index (χ3v) is 4.77. The number of sulfonamides is 1. The van der Waals surface area contributed by atoms with Gasteiger partial charge in [0, 0.05) is 12.6 Å². The van der Waals surface area contributed by atoms with Crippen LogP contribution in [0.4, 0.5) is 5.82 Å². The Morgan fingerprint density at radius 3 is 2.80 bits per heavy atom. The maximum absolute atomic E-state index is 12.3. The van der Waals surface area contributed by atoms with Gasteiger partial charge in [0.2, 0.25) is 16.1 Å². The Balaban J connectivity index is 2.34. The van der Waals surface area contributed by atoms with Gasteiger partial charge in [0.05, 0.1) is 0 Å². The van der Waals surface area contributed by atoms with Crippen LogP contribution >= 0.6 is 0 Å². The van der Waals surface area contributed by atoms with Crippen LogP contribution in [0.15, 0.2) is 28.2 Å². The highest BCUT2D eigenvalue weighted by atomic mass is 32.2. The number of hydrogen-bond acceptors (Lipinski definition) is 7. The van der Waals surface area contributed by atoms with Crippen LogP contribution in [0.5, 0.6) is 0 Å². The largest absolute Gasteiger partial charge is 0.363 e. The zero-order chi connectivity index (χ0) is 14.8. The van der Waals surface area contributed by atoms with Crippen LogP contribution in [0.2, 0.25) is 0 Å². The lowest BCUT2D eigenvalue weighted by molar-refractivity contribution is -0.389. The van der Waals surface area contributed by atoms with Gasteiger partial charge in [0.15, 0.2) is 6.20 Å². The maximum atomic E-state index is 12.3. The molecule has 1 aliphatic rings. The molecule has 0 aliphatic carbocycles. The molecule has 0 bridgehead atoms. The van der Waals surface area contributed by atoms with Crippen LogP contribution in [0.25, 0.3) is 0 Å². The topological polar surface area (TPSA) is 123 Å². The number of rotatable bonds is 4. The Bertz CT molecular complexity index is 665. The lowest BCUT2D eigenvalue weighted by Crippen LogP contribution is -2.34. The lowest BCUT2D eigenvalue weighted by atomic mass is 10.3.